The number of rotatable bonds is 19. The number of hydrogen-bond donors (Lipinski definition) is 0. The van der Waals surface area contributed by atoms with Crippen molar-refractivity contribution in [3.63, 3.8) is 0 Å². The summed E-state index contributed by atoms with van der Waals surface area (Å²) in [5.74, 6) is 3.05. The minimum Gasteiger partial charge on any atom is -0.491 e. The van der Waals surface area contributed by atoms with Crippen molar-refractivity contribution >= 4 is 88.3 Å². The van der Waals surface area contributed by atoms with E-state index in [1.165, 1.54) is 105 Å². The summed E-state index contributed by atoms with van der Waals surface area (Å²) in [6, 6.07) is 39.5. The summed E-state index contributed by atoms with van der Waals surface area (Å²) in [6.07, 6.45) is 9.46. The highest BCUT2D eigenvalue weighted by Crippen LogP contribution is 2.54. The molecule has 9 rings (SSSR count). The van der Waals surface area contributed by atoms with Crippen LogP contribution in [0.1, 0.15) is 79.1 Å². The molecule has 5 aromatic heterocycles. The first-order valence-corrected chi connectivity index (χ1v) is 25.9. The molecule has 0 aliphatic carbocycles. The first-order chi connectivity index (χ1) is 30.1. The van der Waals surface area contributed by atoms with Crippen molar-refractivity contribution in [3.8, 4) is 63.0 Å². The van der Waals surface area contributed by atoms with Gasteiger partial charge in [0.15, 0.2) is 0 Å². The second-order valence-corrected chi connectivity index (χ2v) is 20.8. The Morgan fingerprint density at radius 3 is 1.46 bits per heavy atom. The van der Waals surface area contributed by atoms with Gasteiger partial charge in [0, 0.05) is 51.2 Å². The molecule has 0 bridgehead atoms. The van der Waals surface area contributed by atoms with E-state index in [9.17, 15) is 0 Å². The summed E-state index contributed by atoms with van der Waals surface area (Å²) >= 11 is 8.60. The normalized spacial score (nSPS) is 12.8. The molecule has 312 valence electrons. The van der Waals surface area contributed by atoms with Crippen LogP contribution < -0.4 is 9.47 Å². The average Bonchev–Trinajstić information content (AvgIpc) is 4.17. The molecule has 2 atom stereocenters. The van der Waals surface area contributed by atoms with Crippen LogP contribution in [-0.2, 0) is 0 Å². The van der Waals surface area contributed by atoms with Gasteiger partial charge in [0.25, 0.3) is 0 Å². The predicted molar refractivity (Wildman–Crippen MR) is 269 cm³/mol. The molecule has 2 unspecified atom stereocenters. The van der Waals surface area contributed by atoms with E-state index in [4.69, 9.17) is 18.2 Å². The summed E-state index contributed by atoms with van der Waals surface area (Å²) in [4.78, 5) is 7.36. The highest BCUT2D eigenvalue weighted by Gasteiger charge is 2.25. The van der Waals surface area contributed by atoms with Gasteiger partial charge in [0.05, 0.1) is 34.3 Å². The van der Waals surface area contributed by atoms with Crippen molar-refractivity contribution in [1.29, 1.82) is 0 Å². The molecule has 0 saturated carbocycles. The Bertz CT molecular complexity index is 2770. The van der Waals surface area contributed by atoms with Gasteiger partial charge in [-0.3, -0.25) is 0 Å². The van der Waals surface area contributed by atoms with E-state index in [0.29, 0.717) is 11.8 Å². The second-order valence-electron chi connectivity index (χ2n) is 16.0. The van der Waals surface area contributed by atoms with Crippen molar-refractivity contribution < 1.29 is 9.47 Å². The molecule has 4 aromatic carbocycles. The van der Waals surface area contributed by atoms with Crippen molar-refractivity contribution in [1.82, 2.24) is 8.75 Å². The number of hydrogen-bond acceptors (Lipinski definition) is 9. The lowest BCUT2D eigenvalue weighted by molar-refractivity contribution is 0.235. The fourth-order valence-electron chi connectivity index (χ4n) is 8.17. The van der Waals surface area contributed by atoms with Crippen LogP contribution in [0.3, 0.4) is 0 Å². The molecule has 0 amide bonds. The standard InChI is InChI=1S/C52H52N2O2S5/c1-5-9-17-33(7-3)31-55-49-39-29-45(36-21-15-12-16-22-36)59-51(39)50(56-32-34(8-4)18-10-6-2)40-30-46(60-52(40)49)44-28-27-43(58-44)38-24-23-37(47-48(38)54-61-53-47)42-26-25-41(57-42)35-19-13-11-14-20-35/h11-16,19-30,33-34H,5-10,17-18,31-32H2,1-4H3. The van der Waals surface area contributed by atoms with E-state index in [2.05, 4.69) is 137 Å². The first kappa shape index (κ1) is 41.9. The maximum Gasteiger partial charge on any atom is 0.146 e. The molecule has 5 heterocycles. The van der Waals surface area contributed by atoms with E-state index in [-0.39, 0.29) is 0 Å². The van der Waals surface area contributed by atoms with Crippen LogP contribution in [0.5, 0.6) is 11.5 Å². The Balaban J connectivity index is 1.12. The summed E-state index contributed by atoms with van der Waals surface area (Å²) in [5.41, 5.74) is 6.65. The molecule has 4 nitrogen and oxygen atoms in total. The van der Waals surface area contributed by atoms with Gasteiger partial charge in [0.1, 0.15) is 22.5 Å². The maximum absolute atomic E-state index is 7.08. The van der Waals surface area contributed by atoms with Crippen LogP contribution in [0.15, 0.2) is 109 Å². The molecule has 0 fully saturated rings. The molecular weight excluding hydrogens is 845 g/mol. The minimum absolute atomic E-state index is 0.519. The lowest BCUT2D eigenvalue weighted by atomic mass is 10.0. The maximum atomic E-state index is 7.08. The summed E-state index contributed by atoms with van der Waals surface area (Å²) in [5, 5.41) is 2.32. The predicted octanol–water partition coefficient (Wildman–Crippen LogP) is 17.8. The molecule has 0 saturated heterocycles. The molecule has 0 spiro atoms. The van der Waals surface area contributed by atoms with E-state index in [1.807, 2.05) is 34.0 Å². The quantitative estimate of drug-likeness (QED) is 0.0811. The lowest BCUT2D eigenvalue weighted by Gasteiger charge is -2.19. The van der Waals surface area contributed by atoms with E-state index in [0.717, 1.165) is 65.1 Å². The second kappa shape index (κ2) is 19.3. The molecular formula is C52H52N2O2S5. The number of fused-ring (bicyclic) bond motifs is 3. The van der Waals surface area contributed by atoms with Crippen molar-refractivity contribution in [2.75, 3.05) is 13.2 Å². The topological polar surface area (TPSA) is 44.2 Å². The number of thiophene rings is 4. The van der Waals surface area contributed by atoms with Crippen LogP contribution in [0.4, 0.5) is 0 Å². The van der Waals surface area contributed by atoms with E-state index >= 15 is 0 Å². The third kappa shape index (κ3) is 8.82. The minimum atomic E-state index is 0.519. The van der Waals surface area contributed by atoms with Crippen LogP contribution >= 0.6 is 57.1 Å². The highest BCUT2D eigenvalue weighted by atomic mass is 32.1. The fourth-order valence-corrected chi connectivity index (χ4v) is 13.2. The zero-order valence-corrected chi connectivity index (χ0v) is 39.5. The number of nitrogens with zero attached hydrogens (tertiary/aromatic N) is 2. The van der Waals surface area contributed by atoms with Gasteiger partial charge in [-0.2, -0.15) is 8.75 Å². The lowest BCUT2D eigenvalue weighted by Crippen LogP contribution is -2.12. The molecule has 9 heteroatoms. The Labute approximate surface area is 380 Å². The van der Waals surface area contributed by atoms with Gasteiger partial charge >= 0.3 is 0 Å². The largest absolute Gasteiger partial charge is 0.491 e. The summed E-state index contributed by atoms with van der Waals surface area (Å²) in [7, 11) is 0. The monoisotopic (exact) mass is 896 g/mol. The van der Waals surface area contributed by atoms with Crippen molar-refractivity contribution in [2.45, 2.75) is 79.1 Å². The average molecular weight is 897 g/mol. The summed E-state index contributed by atoms with van der Waals surface area (Å²) < 4.78 is 26.2. The molecule has 0 aliphatic heterocycles. The molecule has 9 aromatic rings. The number of aromatic nitrogens is 2. The Morgan fingerprint density at radius 1 is 0.475 bits per heavy atom. The van der Waals surface area contributed by atoms with Gasteiger partial charge < -0.3 is 9.47 Å². The van der Waals surface area contributed by atoms with Gasteiger partial charge in [-0.1, -0.05) is 139 Å². The Kier molecular flexibility index (Phi) is 13.3. The highest BCUT2D eigenvalue weighted by molar-refractivity contribution is 7.28. The van der Waals surface area contributed by atoms with Gasteiger partial charge in [-0.25, -0.2) is 0 Å². The Morgan fingerprint density at radius 2 is 0.934 bits per heavy atom. The zero-order valence-electron chi connectivity index (χ0n) is 35.4. The molecule has 0 radical (unpaired) electrons. The molecule has 0 N–H and O–H groups in total. The number of ether oxygens (including phenoxy) is 2. The smallest absolute Gasteiger partial charge is 0.146 e. The number of benzene rings is 4. The molecule has 61 heavy (non-hydrogen) atoms. The van der Waals surface area contributed by atoms with Crippen LogP contribution in [0.25, 0.3) is 82.7 Å². The van der Waals surface area contributed by atoms with Crippen LogP contribution in [0.2, 0.25) is 0 Å². The van der Waals surface area contributed by atoms with Gasteiger partial charge in [0.2, 0.25) is 0 Å². The third-order valence-electron chi connectivity index (χ3n) is 11.9. The van der Waals surface area contributed by atoms with E-state index < -0.39 is 0 Å². The van der Waals surface area contributed by atoms with Crippen LogP contribution in [-0.4, -0.2) is 22.0 Å². The van der Waals surface area contributed by atoms with Gasteiger partial charge in [-0.15, -0.1) is 45.3 Å². The SMILES string of the molecule is CCCCC(CC)COc1c2cc(-c3ccc(-c4ccc(-c5ccc(-c6ccccc6)s5)c5nsnc45)s3)sc2c(OCC(CC)CCCC)c2cc(-c3ccccc3)sc12. The first-order valence-electron chi connectivity index (χ1n) is 21.9. The van der Waals surface area contributed by atoms with Crippen LogP contribution in [0, 0.1) is 11.8 Å². The third-order valence-corrected chi connectivity index (χ3v) is 17.2. The van der Waals surface area contributed by atoms with Crippen molar-refractivity contribution in [3.05, 3.63) is 109 Å². The zero-order chi connectivity index (χ0) is 41.7. The fraction of sp³-hybridized carbons (Fsp3) is 0.308. The van der Waals surface area contributed by atoms with Gasteiger partial charge in [-0.05, 0) is 72.2 Å². The van der Waals surface area contributed by atoms with E-state index in [1.54, 1.807) is 11.3 Å². The summed E-state index contributed by atoms with van der Waals surface area (Å²) in [6.45, 7) is 10.6. The Hall–Kier alpha value is -4.38. The number of unbranched alkanes of at least 4 members (excludes halogenated alkanes) is 2. The van der Waals surface area contributed by atoms with Crippen molar-refractivity contribution in [2.24, 2.45) is 11.8 Å². The molecule has 0 aliphatic rings.